The first-order valence-electron chi connectivity index (χ1n) is 7.47. The molecule has 2 nitrogen and oxygen atoms in total. The number of para-hydroxylation sites is 1. The van der Waals surface area contributed by atoms with Crippen molar-refractivity contribution in [2.24, 2.45) is 5.73 Å². The fourth-order valence-electron chi connectivity index (χ4n) is 3.18. The third-order valence-electron chi connectivity index (χ3n) is 4.04. The molecule has 2 atom stereocenters. The zero-order chi connectivity index (χ0) is 15.0. The molecule has 0 fully saturated rings. The first kappa shape index (κ1) is 14.6. The number of anilines is 2. The molecule has 2 aromatic rings. The minimum absolute atomic E-state index is 0.189. The number of benzene rings is 2. The normalized spacial score (nSPS) is 18.7. The molecule has 21 heavy (non-hydrogen) atoms. The Balaban J connectivity index is 1.97. The molecule has 3 heteroatoms. The number of hydrogen-bond donors (Lipinski definition) is 1. The van der Waals surface area contributed by atoms with E-state index in [-0.39, 0.29) is 6.04 Å². The molecular formula is C18H21BrN2. The Labute approximate surface area is 135 Å². The molecule has 3 rings (SSSR count). The second-order valence-electron chi connectivity index (χ2n) is 6.02. The van der Waals surface area contributed by atoms with Crippen LogP contribution in [0.5, 0.6) is 0 Å². The highest BCUT2D eigenvalue weighted by molar-refractivity contribution is 9.10. The zero-order valence-electron chi connectivity index (χ0n) is 12.5. The van der Waals surface area contributed by atoms with Gasteiger partial charge in [0.15, 0.2) is 0 Å². The number of fused-ring (bicyclic) bond motifs is 1. The van der Waals surface area contributed by atoms with Crippen LogP contribution in [-0.2, 0) is 12.8 Å². The Morgan fingerprint density at radius 2 is 2.00 bits per heavy atom. The maximum Gasteiger partial charge on any atom is 0.0558 e. The largest absolute Gasteiger partial charge is 0.337 e. The number of halogens is 1. The van der Waals surface area contributed by atoms with Gasteiger partial charge in [0.05, 0.1) is 5.69 Å². The van der Waals surface area contributed by atoms with Gasteiger partial charge >= 0.3 is 0 Å². The number of hydrogen-bond acceptors (Lipinski definition) is 2. The monoisotopic (exact) mass is 344 g/mol. The predicted molar refractivity (Wildman–Crippen MR) is 93.2 cm³/mol. The van der Waals surface area contributed by atoms with E-state index in [2.05, 4.69) is 70.2 Å². The average Bonchev–Trinajstić information content (AvgIpc) is 2.74. The Bertz CT molecular complexity index is 651. The molecule has 1 aliphatic rings. The van der Waals surface area contributed by atoms with E-state index in [9.17, 15) is 0 Å². The lowest BCUT2D eigenvalue weighted by Crippen LogP contribution is -2.24. The van der Waals surface area contributed by atoms with Crippen molar-refractivity contribution in [1.29, 1.82) is 0 Å². The van der Waals surface area contributed by atoms with Gasteiger partial charge in [0, 0.05) is 22.2 Å². The summed E-state index contributed by atoms with van der Waals surface area (Å²) in [5.74, 6) is 0. The van der Waals surface area contributed by atoms with Crippen LogP contribution in [0.1, 0.15) is 25.0 Å². The molecule has 0 bridgehead atoms. The second-order valence-corrected chi connectivity index (χ2v) is 6.87. The van der Waals surface area contributed by atoms with Crippen molar-refractivity contribution in [2.45, 2.75) is 38.8 Å². The highest BCUT2D eigenvalue weighted by Gasteiger charge is 2.27. The van der Waals surface area contributed by atoms with E-state index in [0.29, 0.717) is 6.04 Å². The van der Waals surface area contributed by atoms with Gasteiger partial charge in [-0.05, 0) is 71.9 Å². The van der Waals surface area contributed by atoms with Crippen LogP contribution in [0.2, 0.25) is 0 Å². The molecule has 2 unspecified atom stereocenters. The van der Waals surface area contributed by atoms with Gasteiger partial charge in [0.25, 0.3) is 0 Å². The fourth-order valence-corrected chi connectivity index (χ4v) is 3.79. The summed E-state index contributed by atoms with van der Waals surface area (Å²) in [5, 5.41) is 0. The van der Waals surface area contributed by atoms with Crippen LogP contribution < -0.4 is 10.6 Å². The Hall–Kier alpha value is -1.32. The van der Waals surface area contributed by atoms with E-state index < -0.39 is 0 Å². The quantitative estimate of drug-likeness (QED) is 0.892. The molecule has 2 N–H and O–H groups in total. The highest BCUT2D eigenvalue weighted by Crippen LogP contribution is 2.41. The maximum absolute atomic E-state index is 5.89. The average molecular weight is 345 g/mol. The molecular weight excluding hydrogens is 324 g/mol. The van der Waals surface area contributed by atoms with Crippen molar-refractivity contribution in [2.75, 3.05) is 4.90 Å². The topological polar surface area (TPSA) is 29.3 Å². The molecule has 0 amide bonds. The van der Waals surface area contributed by atoms with Gasteiger partial charge in [-0.15, -0.1) is 0 Å². The lowest BCUT2D eigenvalue weighted by atomic mass is 10.1. The zero-order valence-corrected chi connectivity index (χ0v) is 14.1. The fraction of sp³-hybridized carbons (Fsp3) is 0.333. The molecule has 0 radical (unpaired) electrons. The smallest absolute Gasteiger partial charge is 0.0558 e. The highest BCUT2D eigenvalue weighted by atomic mass is 79.9. The first-order valence-corrected chi connectivity index (χ1v) is 8.26. The first-order chi connectivity index (χ1) is 10.1. The van der Waals surface area contributed by atoms with Crippen molar-refractivity contribution >= 4 is 27.3 Å². The number of nitrogens with two attached hydrogens (primary N) is 1. The third kappa shape index (κ3) is 2.85. The van der Waals surface area contributed by atoms with Gasteiger partial charge in [-0.3, -0.25) is 0 Å². The lowest BCUT2D eigenvalue weighted by molar-refractivity contribution is 0.736. The lowest BCUT2D eigenvalue weighted by Gasteiger charge is -2.26. The van der Waals surface area contributed by atoms with Gasteiger partial charge in [-0.1, -0.05) is 24.3 Å². The summed E-state index contributed by atoms with van der Waals surface area (Å²) in [7, 11) is 0. The molecule has 2 aromatic carbocycles. The van der Waals surface area contributed by atoms with E-state index in [0.717, 1.165) is 17.3 Å². The minimum Gasteiger partial charge on any atom is -0.337 e. The van der Waals surface area contributed by atoms with Crippen LogP contribution in [0, 0.1) is 0 Å². The molecule has 0 saturated heterocycles. The molecule has 0 saturated carbocycles. The predicted octanol–water partition coefficient (Wildman–Crippen LogP) is 4.42. The van der Waals surface area contributed by atoms with Crippen LogP contribution in [0.15, 0.2) is 46.9 Å². The summed E-state index contributed by atoms with van der Waals surface area (Å²) in [6.07, 6.45) is 2.01. The summed E-state index contributed by atoms with van der Waals surface area (Å²) in [5.41, 5.74) is 11.2. The standard InChI is InChI=1S/C18H21BrN2/c1-12(20)9-14-7-8-18(16(19)11-14)21-13(2)10-15-5-3-4-6-17(15)21/h3-8,11-13H,9-10,20H2,1-2H3. The second kappa shape index (κ2) is 5.82. The van der Waals surface area contributed by atoms with E-state index in [1.54, 1.807) is 0 Å². The van der Waals surface area contributed by atoms with Crippen LogP contribution in [0.4, 0.5) is 11.4 Å². The van der Waals surface area contributed by atoms with Crippen LogP contribution in [0.25, 0.3) is 0 Å². The van der Waals surface area contributed by atoms with E-state index in [1.165, 1.54) is 22.5 Å². The minimum atomic E-state index is 0.189. The van der Waals surface area contributed by atoms with Crippen molar-refractivity contribution in [3.63, 3.8) is 0 Å². The van der Waals surface area contributed by atoms with Crippen molar-refractivity contribution in [3.05, 3.63) is 58.1 Å². The third-order valence-corrected chi connectivity index (χ3v) is 4.67. The van der Waals surface area contributed by atoms with Gasteiger partial charge in [0.2, 0.25) is 0 Å². The van der Waals surface area contributed by atoms with Crippen molar-refractivity contribution in [1.82, 2.24) is 0 Å². The molecule has 0 spiro atoms. The van der Waals surface area contributed by atoms with Gasteiger partial charge in [0.1, 0.15) is 0 Å². The summed E-state index contributed by atoms with van der Waals surface area (Å²) < 4.78 is 1.14. The van der Waals surface area contributed by atoms with E-state index in [1.807, 2.05) is 6.92 Å². The molecule has 1 heterocycles. The number of nitrogens with zero attached hydrogens (tertiary/aromatic N) is 1. The Morgan fingerprint density at radius 3 is 2.71 bits per heavy atom. The van der Waals surface area contributed by atoms with Gasteiger partial charge < -0.3 is 10.6 Å². The van der Waals surface area contributed by atoms with Gasteiger partial charge in [-0.2, -0.15) is 0 Å². The van der Waals surface area contributed by atoms with E-state index >= 15 is 0 Å². The summed E-state index contributed by atoms with van der Waals surface area (Å²) >= 11 is 3.74. The molecule has 110 valence electrons. The summed E-state index contributed by atoms with van der Waals surface area (Å²) in [6.45, 7) is 4.32. The summed E-state index contributed by atoms with van der Waals surface area (Å²) in [6, 6.07) is 15.9. The van der Waals surface area contributed by atoms with Crippen LogP contribution >= 0.6 is 15.9 Å². The van der Waals surface area contributed by atoms with Crippen LogP contribution in [0.3, 0.4) is 0 Å². The van der Waals surface area contributed by atoms with Crippen molar-refractivity contribution < 1.29 is 0 Å². The Morgan fingerprint density at radius 1 is 1.24 bits per heavy atom. The van der Waals surface area contributed by atoms with Crippen molar-refractivity contribution in [3.8, 4) is 0 Å². The maximum atomic E-state index is 5.89. The molecule has 0 aliphatic carbocycles. The SMILES string of the molecule is CC(N)Cc1ccc(N2c3ccccc3CC2C)c(Br)c1. The molecule has 1 aliphatic heterocycles. The van der Waals surface area contributed by atoms with E-state index in [4.69, 9.17) is 5.73 Å². The Kier molecular flexibility index (Phi) is 4.05. The number of rotatable bonds is 3. The van der Waals surface area contributed by atoms with Crippen LogP contribution in [-0.4, -0.2) is 12.1 Å². The van der Waals surface area contributed by atoms with Gasteiger partial charge in [-0.25, -0.2) is 0 Å². The summed E-state index contributed by atoms with van der Waals surface area (Å²) in [4.78, 5) is 2.43. The molecule has 0 aromatic heterocycles.